The van der Waals surface area contributed by atoms with Crippen molar-refractivity contribution in [3.8, 4) is 0 Å². The summed E-state index contributed by atoms with van der Waals surface area (Å²) in [6.07, 6.45) is 3.36. The predicted molar refractivity (Wildman–Crippen MR) is 68.0 cm³/mol. The van der Waals surface area contributed by atoms with Gasteiger partial charge in [-0.25, -0.2) is 0 Å². The van der Waals surface area contributed by atoms with E-state index in [0.29, 0.717) is 11.4 Å². The number of nitrogens with one attached hydrogen (secondary N) is 1. The summed E-state index contributed by atoms with van der Waals surface area (Å²) >= 11 is 5.90. The Morgan fingerprint density at radius 3 is 2.69 bits per heavy atom. The lowest BCUT2D eigenvalue weighted by Crippen LogP contribution is -2.18. The molecule has 0 aliphatic rings. The third-order valence-corrected chi connectivity index (χ3v) is 2.93. The van der Waals surface area contributed by atoms with Gasteiger partial charge in [-0.2, -0.15) is 0 Å². The summed E-state index contributed by atoms with van der Waals surface area (Å²) < 4.78 is 0. The van der Waals surface area contributed by atoms with Crippen LogP contribution in [0.4, 0.5) is 0 Å². The van der Waals surface area contributed by atoms with Crippen molar-refractivity contribution in [2.45, 2.75) is 32.1 Å². The number of carbonyl (C=O) groups excluding carboxylic acids is 1. The molecule has 1 rings (SSSR count). The summed E-state index contributed by atoms with van der Waals surface area (Å²) in [5.74, 6) is 0.401. The summed E-state index contributed by atoms with van der Waals surface area (Å²) in [5.41, 5.74) is 3.00. The van der Waals surface area contributed by atoms with E-state index in [1.807, 2.05) is 18.2 Å². The fraction of sp³-hybridized carbons (Fsp3) is 0.462. The van der Waals surface area contributed by atoms with E-state index < -0.39 is 0 Å². The molecular weight excluding hydrogens is 222 g/mol. The maximum absolute atomic E-state index is 11.5. The Kier molecular flexibility index (Phi) is 5.33. The minimum absolute atomic E-state index is 0.0617. The van der Waals surface area contributed by atoms with E-state index in [-0.39, 0.29) is 5.91 Å². The molecule has 0 unspecified atom stereocenters. The molecule has 0 aromatic heterocycles. The van der Waals surface area contributed by atoms with Crippen LogP contribution in [-0.2, 0) is 12.3 Å². The fourth-order valence-electron chi connectivity index (χ4n) is 1.65. The van der Waals surface area contributed by atoms with Crippen LogP contribution in [0, 0.1) is 0 Å². The van der Waals surface area contributed by atoms with Gasteiger partial charge < -0.3 is 5.32 Å². The Labute approximate surface area is 102 Å². The molecule has 0 aliphatic heterocycles. The van der Waals surface area contributed by atoms with Crippen molar-refractivity contribution < 1.29 is 4.79 Å². The number of rotatable bonds is 5. The van der Waals surface area contributed by atoms with Crippen LogP contribution in [0.3, 0.4) is 0 Å². The van der Waals surface area contributed by atoms with Crippen molar-refractivity contribution in [1.29, 1.82) is 0 Å². The van der Waals surface area contributed by atoms with Crippen molar-refractivity contribution in [3.05, 3.63) is 34.9 Å². The summed E-state index contributed by atoms with van der Waals surface area (Å²) in [5, 5.41) is 2.61. The van der Waals surface area contributed by atoms with Crippen LogP contribution >= 0.6 is 11.6 Å². The van der Waals surface area contributed by atoms with E-state index in [1.54, 1.807) is 7.05 Å². The van der Waals surface area contributed by atoms with Gasteiger partial charge in [-0.3, -0.25) is 4.79 Å². The second-order valence-electron chi connectivity index (χ2n) is 3.80. The Hall–Kier alpha value is -1.02. The van der Waals surface area contributed by atoms with Gasteiger partial charge in [0.15, 0.2) is 0 Å². The monoisotopic (exact) mass is 239 g/mol. The Morgan fingerprint density at radius 2 is 2.12 bits per heavy atom. The van der Waals surface area contributed by atoms with Gasteiger partial charge in [-0.05, 0) is 36.1 Å². The van der Waals surface area contributed by atoms with Crippen LogP contribution in [-0.4, -0.2) is 13.0 Å². The van der Waals surface area contributed by atoms with Gasteiger partial charge >= 0.3 is 0 Å². The maximum Gasteiger partial charge on any atom is 0.251 e. The molecule has 0 fully saturated rings. The molecule has 1 aromatic rings. The number of hydrogen-bond donors (Lipinski definition) is 1. The van der Waals surface area contributed by atoms with Crippen LogP contribution < -0.4 is 5.32 Å². The molecule has 1 aromatic carbocycles. The second kappa shape index (κ2) is 6.54. The number of amides is 1. The van der Waals surface area contributed by atoms with Crippen LogP contribution in [0.15, 0.2) is 18.2 Å². The smallest absolute Gasteiger partial charge is 0.251 e. The predicted octanol–water partition coefficient (Wildman–Crippen LogP) is 3.13. The highest BCUT2D eigenvalue weighted by Crippen LogP contribution is 2.17. The van der Waals surface area contributed by atoms with Gasteiger partial charge in [-0.1, -0.05) is 19.4 Å². The van der Waals surface area contributed by atoms with E-state index in [0.717, 1.165) is 18.4 Å². The van der Waals surface area contributed by atoms with Crippen LogP contribution in [0.2, 0.25) is 0 Å². The van der Waals surface area contributed by atoms with Gasteiger partial charge in [0.05, 0.1) is 0 Å². The summed E-state index contributed by atoms with van der Waals surface area (Å²) in [4.78, 5) is 11.5. The molecule has 88 valence electrons. The maximum atomic E-state index is 11.5. The zero-order valence-electron chi connectivity index (χ0n) is 9.85. The minimum Gasteiger partial charge on any atom is -0.355 e. The SMILES string of the molecule is CCCCc1ccc(C(=O)NC)cc1CCl. The van der Waals surface area contributed by atoms with Crippen molar-refractivity contribution in [3.63, 3.8) is 0 Å². The third-order valence-electron chi connectivity index (χ3n) is 2.64. The van der Waals surface area contributed by atoms with Gasteiger partial charge in [0, 0.05) is 18.5 Å². The molecule has 0 radical (unpaired) electrons. The normalized spacial score (nSPS) is 10.2. The molecule has 0 spiro atoms. The van der Waals surface area contributed by atoms with Crippen molar-refractivity contribution in [1.82, 2.24) is 5.32 Å². The average molecular weight is 240 g/mol. The number of aryl methyl sites for hydroxylation is 1. The van der Waals surface area contributed by atoms with Crippen LogP contribution in [0.1, 0.15) is 41.3 Å². The summed E-state index contributed by atoms with van der Waals surface area (Å²) in [6, 6.07) is 5.76. The summed E-state index contributed by atoms with van der Waals surface area (Å²) in [7, 11) is 1.63. The zero-order valence-corrected chi connectivity index (χ0v) is 10.6. The number of benzene rings is 1. The van der Waals surface area contributed by atoms with E-state index in [9.17, 15) is 4.79 Å². The van der Waals surface area contributed by atoms with E-state index in [1.165, 1.54) is 12.0 Å². The van der Waals surface area contributed by atoms with Crippen molar-refractivity contribution in [2.24, 2.45) is 0 Å². The van der Waals surface area contributed by atoms with Crippen LogP contribution in [0.5, 0.6) is 0 Å². The minimum atomic E-state index is -0.0617. The molecule has 3 heteroatoms. The van der Waals surface area contributed by atoms with Crippen molar-refractivity contribution in [2.75, 3.05) is 7.05 Å². The molecule has 0 saturated heterocycles. The average Bonchev–Trinajstić information content (AvgIpc) is 2.35. The van der Waals surface area contributed by atoms with Gasteiger partial charge in [0.25, 0.3) is 5.91 Å². The molecule has 2 nitrogen and oxygen atoms in total. The van der Waals surface area contributed by atoms with E-state index >= 15 is 0 Å². The molecule has 0 saturated carbocycles. The first-order valence-electron chi connectivity index (χ1n) is 5.62. The first-order chi connectivity index (χ1) is 7.72. The largest absolute Gasteiger partial charge is 0.355 e. The third kappa shape index (κ3) is 3.24. The molecule has 0 bridgehead atoms. The quantitative estimate of drug-likeness (QED) is 0.786. The lowest BCUT2D eigenvalue weighted by Gasteiger charge is -2.08. The fourth-order valence-corrected chi connectivity index (χ4v) is 1.90. The molecule has 1 N–H and O–H groups in total. The Balaban J connectivity index is 2.92. The zero-order chi connectivity index (χ0) is 12.0. The highest BCUT2D eigenvalue weighted by molar-refractivity contribution is 6.17. The van der Waals surface area contributed by atoms with Gasteiger partial charge in [-0.15, -0.1) is 11.6 Å². The standard InChI is InChI=1S/C13H18ClNO/c1-3-4-5-10-6-7-11(13(16)15-2)8-12(10)9-14/h6-8H,3-5,9H2,1-2H3,(H,15,16). The first-order valence-corrected chi connectivity index (χ1v) is 6.16. The Bertz CT molecular complexity index is 363. The molecule has 1 amide bonds. The highest BCUT2D eigenvalue weighted by Gasteiger charge is 2.07. The number of halogens is 1. The van der Waals surface area contributed by atoms with E-state index in [2.05, 4.69) is 12.2 Å². The number of unbranched alkanes of at least 4 members (excludes halogenated alkanes) is 1. The number of hydrogen-bond acceptors (Lipinski definition) is 1. The molecule has 0 aliphatic carbocycles. The second-order valence-corrected chi connectivity index (χ2v) is 4.07. The number of alkyl halides is 1. The van der Waals surface area contributed by atoms with Gasteiger partial charge in [0.2, 0.25) is 0 Å². The first kappa shape index (κ1) is 13.0. The molecule has 16 heavy (non-hydrogen) atoms. The van der Waals surface area contributed by atoms with Gasteiger partial charge in [0.1, 0.15) is 0 Å². The molecule has 0 atom stereocenters. The summed E-state index contributed by atoms with van der Waals surface area (Å²) in [6.45, 7) is 2.17. The van der Waals surface area contributed by atoms with Crippen molar-refractivity contribution >= 4 is 17.5 Å². The number of carbonyl (C=O) groups is 1. The van der Waals surface area contributed by atoms with Crippen LogP contribution in [0.25, 0.3) is 0 Å². The lowest BCUT2D eigenvalue weighted by molar-refractivity contribution is 0.0963. The topological polar surface area (TPSA) is 29.1 Å². The highest BCUT2D eigenvalue weighted by atomic mass is 35.5. The molecular formula is C13H18ClNO. The molecule has 0 heterocycles. The lowest BCUT2D eigenvalue weighted by atomic mass is 10.00. The Morgan fingerprint density at radius 1 is 1.38 bits per heavy atom. The van der Waals surface area contributed by atoms with E-state index in [4.69, 9.17) is 11.6 Å².